The molecule has 63 heavy (non-hydrogen) atoms. The van der Waals surface area contributed by atoms with E-state index in [4.69, 9.17) is 19.4 Å². The van der Waals surface area contributed by atoms with E-state index in [2.05, 4.69) is 205 Å². The monoisotopic (exact) mass is 804 g/mol. The fraction of sp³-hybridized carbons (Fsp3) is 0.0172. The van der Waals surface area contributed by atoms with Gasteiger partial charge in [-0.3, -0.25) is 0 Å². The first-order valence-electron chi connectivity index (χ1n) is 21.4. The number of aromatic nitrogens is 4. The molecule has 0 spiro atoms. The van der Waals surface area contributed by atoms with Crippen LogP contribution in [0.2, 0.25) is 0 Å². The first-order valence-corrected chi connectivity index (χ1v) is 21.4. The van der Waals surface area contributed by atoms with Crippen molar-refractivity contribution in [3.63, 3.8) is 0 Å². The van der Waals surface area contributed by atoms with E-state index in [9.17, 15) is 0 Å². The lowest BCUT2D eigenvalue weighted by atomic mass is 9.71. The third kappa shape index (κ3) is 5.27. The third-order valence-electron chi connectivity index (χ3n) is 13.0. The van der Waals surface area contributed by atoms with E-state index in [1.165, 1.54) is 32.9 Å². The molecule has 294 valence electrons. The highest BCUT2D eigenvalue weighted by Gasteiger charge is 2.48. The van der Waals surface area contributed by atoms with Gasteiger partial charge in [-0.2, -0.15) is 0 Å². The van der Waals surface area contributed by atoms with Gasteiger partial charge in [0.05, 0.1) is 11.0 Å². The van der Waals surface area contributed by atoms with E-state index in [-0.39, 0.29) is 0 Å². The molecule has 13 rings (SSSR count). The quantitative estimate of drug-likeness (QED) is 0.168. The Morgan fingerprint density at radius 2 is 0.857 bits per heavy atom. The summed E-state index contributed by atoms with van der Waals surface area (Å²) in [6, 6.07) is 77.1. The first-order chi connectivity index (χ1) is 31.2. The van der Waals surface area contributed by atoms with Crippen molar-refractivity contribution in [2.75, 3.05) is 0 Å². The van der Waals surface area contributed by atoms with Crippen LogP contribution in [-0.2, 0) is 5.41 Å². The molecule has 12 aromatic rings. The van der Waals surface area contributed by atoms with Crippen LogP contribution in [0.25, 0.3) is 94.5 Å². The van der Waals surface area contributed by atoms with Gasteiger partial charge >= 0.3 is 0 Å². The lowest BCUT2D eigenvalue weighted by Crippen LogP contribution is -2.31. The second-order valence-electron chi connectivity index (χ2n) is 16.3. The maximum Gasteiger partial charge on any atom is 0.163 e. The zero-order valence-corrected chi connectivity index (χ0v) is 34.0. The smallest absolute Gasteiger partial charge is 0.163 e. The molecule has 0 bridgehead atoms. The van der Waals surface area contributed by atoms with Gasteiger partial charge in [-0.05, 0) is 87.5 Å². The van der Waals surface area contributed by atoms with Gasteiger partial charge < -0.3 is 8.98 Å². The van der Waals surface area contributed by atoms with Crippen LogP contribution in [-0.4, -0.2) is 19.5 Å². The fourth-order valence-corrected chi connectivity index (χ4v) is 10.2. The Hall–Kier alpha value is -8.41. The van der Waals surface area contributed by atoms with Crippen molar-refractivity contribution in [3.05, 3.63) is 241 Å². The van der Waals surface area contributed by atoms with Crippen LogP contribution in [0.4, 0.5) is 0 Å². The summed E-state index contributed by atoms with van der Waals surface area (Å²) >= 11 is 0. The molecule has 0 unspecified atom stereocenters. The molecule has 0 saturated heterocycles. The minimum Gasteiger partial charge on any atom is -0.456 e. The number of hydrogen-bond acceptors (Lipinski definition) is 4. The second-order valence-corrected chi connectivity index (χ2v) is 16.3. The Morgan fingerprint density at radius 3 is 1.51 bits per heavy atom. The fourth-order valence-electron chi connectivity index (χ4n) is 10.2. The van der Waals surface area contributed by atoms with Gasteiger partial charge in [0.25, 0.3) is 0 Å². The highest BCUT2D eigenvalue weighted by molar-refractivity contribution is 6.12. The van der Waals surface area contributed by atoms with E-state index in [0.29, 0.717) is 17.5 Å². The van der Waals surface area contributed by atoms with Crippen molar-refractivity contribution < 1.29 is 4.42 Å². The normalized spacial score (nSPS) is 12.9. The number of rotatable bonds is 6. The highest BCUT2D eigenvalue weighted by Crippen LogP contribution is 2.55. The summed E-state index contributed by atoms with van der Waals surface area (Å²) in [6.45, 7) is 0. The van der Waals surface area contributed by atoms with E-state index in [0.717, 1.165) is 66.6 Å². The van der Waals surface area contributed by atoms with Gasteiger partial charge in [0.15, 0.2) is 17.5 Å². The number of nitrogens with zero attached hydrogens (tertiary/aromatic N) is 4. The average Bonchev–Trinajstić information content (AvgIpc) is 4.01. The molecule has 3 aromatic heterocycles. The Bertz CT molecular complexity index is 3630. The minimum atomic E-state index is -0.804. The zero-order valence-electron chi connectivity index (χ0n) is 34.0. The second kappa shape index (κ2) is 13.8. The lowest BCUT2D eigenvalue weighted by Gasteiger charge is -2.32. The largest absolute Gasteiger partial charge is 0.456 e. The van der Waals surface area contributed by atoms with Crippen molar-refractivity contribution in [1.82, 2.24) is 19.5 Å². The van der Waals surface area contributed by atoms with Crippen molar-refractivity contribution in [1.29, 1.82) is 0 Å². The molecule has 0 fully saturated rings. The maximum atomic E-state index is 6.26. The standard InChI is InChI=1S/C58H36N4O/c1-2-15-40(16-3-1)58(48-23-9-4-17-43(48)44-18-5-10-24-49(44)58)57-60-55(38-31-29-37(30-32-38)42-22-14-28-53-54(42)47-21-8-13-27-52(47)63-53)59-56(61-57)39-33-35-41(36-34-39)62-50-25-11-6-19-45(50)46-20-7-12-26-51(46)62/h1-36H. The number of fused-ring (bicyclic) bond motifs is 9. The Kier molecular flexibility index (Phi) is 7.75. The number of benzene rings is 9. The lowest BCUT2D eigenvalue weighted by molar-refractivity contribution is 0.669. The van der Waals surface area contributed by atoms with E-state index in [1.54, 1.807) is 0 Å². The predicted octanol–water partition coefficient (Wildman–Crippen LogP) is 14.2. The van der Waals surface area contributed by atoms with Crippen LogP contribution >= 0.6 is 0 Å². The molecule has 9 aromatic carbocycles. The molecule has 0 aliphatic heterocycles. The van der Waals surface area contributed by atoms with E-state index < -0.39 is 5.41 Å². The number of para-hydroxylation sites is 3. The molecular weight excluding hydrogens is 769 g/mol. The van der Waals surface area contributed by atoms with Crippen molar-refractivity contribution >= 4 is 43.7 Å². The summed E-state index contributed by atoms with van der Waals surface area (Å²) in [5.74, 6) is 1.90. The van der Waals surface area contributed by atoms with Crippen molar-refractivity contribution in [2.24, 2.45) is 0 Å². The Labute approximate surface area is 363 Å². The van der Waals surface area contributed by atoms with Gasteiger partial charge in [-0.15, -0.1) is 0 Å². The first kappa shape index (κ1) is 35.4. The molecule has 0 amide bonds. The van der Waals surface area contributed by atoms with Crippen LogP contribution in [0, 0.1) is 0 Å². The summed E-state index contributed by atoms with van der Waals surface area (Å²) in [6.07, 6.45) is 0. The minimum absolute atomic E-state index is 0.608. The van der Waals surface area contributed by atoms with Crippen LogP contribution in [0.3, 0.4) is 0 Å². The summed E-state index contributed by atoms with van der Waals surface area (Å²) in [7, 11) is 0. The van der Waals surface area contributed by atoms with Gasteiger partial charge in [0.1, 0.15) is 16.6 Å². The maximum absolute atomic E-state index is 6.26. The van der Waals surface area contributed by atoms with Gasteiger partial charge in [-0.25, -0.2) is 15.0 Å². The molecule has 1 aliphatic rings. The molecule has 3 heterocycles. The number of furan rings is 1. The van der Waals surface area contributed by atoms with Crippen LogP contribution in [0.1, 0.15) is 22.5 Å². The molecule has 5 heteroatoms. The van der Waals surface area contributed by atoms with E-state index >= 15 is 0 Å². The molecular formula is C58H36N4O. The Balaban J connectivity index is 1.02. The molecule has 0 N–H and O–H groups in total. The van der Waals surface area contributed by atoms with Gasteiger partial charge in [0, 0.05) is 38.4 Å². The van der Waals surface area contributed by atoms with Crippen LogP contribution in [0.15, 0.2) is 223 Å². The van der Waals surface area contributed by atoms with Crippen LogP contribution < -0.4 is 0 Å². The molecule has 5 nitrogen and oxygen atoms in total. The Morgan fingerprint density at radius 1 is 0.365 bits per heavy atom. The molecule has 1 aliphatic carbocycles. The van der Waals surface area contributed by atoms with Gasteiger partial charge in [-0.1, -0.05) is 170 Å². The number of hydrogen-bond donors (Lipinski definition) is 0. The molecule has 0 radical (unpaired) electrons. The van der Waals surface area contributed by atoms with E-state index in [1.807, 2.05) is 18.2 Å². The van der Waals surface area contributed by atoms with Gasteiger partial charge in [0.2, 0.25) is 0 Å². The zero-order chi connectivity index (χ0) is 41.5. The predicted molar refractivity (Wildman–Crippen MR) is 255 cm³/mol. The summed E-state index contributed by atoms with van der Waals surface area (Å²) in [5.41, 5.74) is 14.1. The summed E-state index contributed by atoms with van der Waals surface area (Å²) in [4.78, 5) is 16.4. The third-order valence-corrected chi connectivity index (χ3v) is 13.0. The topological polar surface area (TPSA) is 56.7 Å². The molecule has 0 saturated carbocycles. The van der Waals surface area contributed by atoms with Crippen molar-refractivity contribution in [3.8, 4) is 50.7 Å². The molecule has 0 atom stereocenters. The SMILES string of the molecule is c1ccc(C2(c3nc(-c4ccc(-c5cccc6oc7ccccc7c56)cc4)nc(-c4ccc(-n5c6ccccc6c6ccccc65)cc4)n3)c3ccccc3-c3ccccc32)cc1. The summed E-state index contributed by atoms with van der Waals surface area (Å²) < 4.78 is 8.60. The van der Waals surface area contributed by atoms with Crippen molar-refractivity contribution in [2.45, 2.75) is 5.41 Å². The van der Waals surface area contributed by atoms with Crippen LogP contribution in [0.5, 0.6) is 0 Å². The summed E-state index contributed by atoms with van der Waals surface area (Å²) in [5, 5.41) is 4.67. The average molecular weight is 805 g/mol. The highest BCUT2D eigenvalue weighted by atomic mass is 16.3.